The van der Waals surface area contributed by atoms with Gasteiger partial charge in [-0.2, -0.15) is 0 Å². The molecule has 0 amide bonds. The van der Waals surface area contributed by atoms with Gasteiger partial charge < -0.3 is 0 Å². The topological polar surface area (TPSA) is 12.9 Å². The molecular formula is C5H2BrFN. The van der Waals surface area contributed by atoms with Crippen LogP contribution in [0.15, 0.2) is 16.9 Å². The van der Waals surface area contributed by atoms with E-state index >= 15 is 0 Å². The van der Waals surface area contributed by atoms with E-state index in [1.165, 1.54) is 6.20 Å². The van der Waals surface area contributed by atoms with Crippen molar-refractivity contribution >= 4 is 15.9 Å². The fraction of sp³-hybridized carbons (Fsp3) is 0. The SMILES string of the molecule is Fc1cnc[c]c1Br. The third-order valence-corrected chi connectivity index (χ3v) is 1.27. The Morgan fingerprint density at radius 1 is 1.75 bits per heavy atom. The first-order valence-electron chi connectivity index (χ1n) is 1.97. The number of halogens is 2. The maximum absolute atomic E-state index is 12.2. The monoisotopic (exact) mass is 174 g/mol. The van der Waals surface area contributed by atoms with E-state index in [9.17, 15) is 4.39 Å². The van der Waals surface area contributed by atoms with Crippen LogP contribution in [0.3, 0.4) is 0 Å². The lowest BCUT2D eigenvalue weighted by atomic mass is 10.5. The summed E-state index contributed by atoms with van der Waals surface area (Å²) in [6.45, 7) is 0. The Kier molecular flexibility index (Phi) is 1.58. The van der Waals surface area contributed by atoms with Crippen molar-refractivity contribution in [2.24, 2.45) is 0 Å². The predicted molar refractivity (Wildman–Crippen MR) is 30.7 cm³/mol. The molecule has 0 spiro atoms. The number of rotatable bonds is 0. The highest BCUT2D eigenvalue weighted by molar-refractivity contribution is 9.10. The van der Waals surface area contributed by atoms with E-state index in [1.54, 1.807) is 0 Å². The molecule has 1 aromatic rings. The zero-order valence-electron chi connectivity index (χ0n) is 3.86. The minimum absolute atomic E-state index is 0.326. The van der Waals surface area contributed by atoms with E-state index in [0.717, 1.165) is 6.20 Å². The molecule has 0 saturated carbocycles. The zero-order valence-corrected chi connectivity index (χ0v) is 5.44. The smallest absolute Gasteiger partial charge is 0.156 e. The summed E-state index contributed by atoms with van der Waals surface area (Å²) in [7, 11) is 0. The summed E-state index contributed by atoms with van der Waals surface area (Å²) in [6, 6.07) is 2.53. The van der Waals surface area contributed by atoms with Crippen molar-refractivity contribution in [3.63, 3.8) is 0 Å². The van der Waals surface area contributed by atoms with Gasteiger partial charge in [0, 0.05) is 12.3 Å². The van der Waals surface area contributed by atoms with Gasteiger partial charge in [0.2, 0.25) is 0 Å². The van der Waals surface area contributed by atoms with Gasteiger partial charge in [0.1, 0.15) is 0 Å². The summed E-state index contributed by atoms with van der Waals surface area (Å²) >= 11 is 2.92. The lowest BCUT2D eigenvalue weighted by Crippen LogP contribution is -1.76. The number of pyridine rings is 1. The van der Waals surface area contributed by atoms with Gasteiger partial charge in [-0.3, -0.25) is 4.98 Å². The minimum Gasteiger partial charge on any atom is -0.261 e. The van der Waals surface area contributed by atoms with Crippen LogP contribution in [-0.4, -0.2) is 4.98 Å². The molecule has 0 N–H and O–H groups in total. The highest BCUT2D eigenvalue weighted by atomic mass is 79.9. The fourth-order valence-corrected chi connectivity index (χ4v) is 0.527. The minimum atomic E-state index is -0.382. The van der Waals surface area contributed by atoms with Gasteiger partial charge in [-0.15, -0.1) is 0 Å². The molecule has 0 unspecified atom stereocenters. The molecule has 1 nitrogen and oxygen atoms in total. The Bertz CT molecular complexity index is 169. The Hall–Kier alpha value is -0.440. The Morgan fingerprint density at radius 2 is 2.50 bits per heavy atom. The van der Waals surface area contributed by atoms with Crippen molar-refractivity contribution < 1.29 is 4.39 Å². The molecule has 0 fully saturated rings. The first-order valence-corrected chi connectivity index (χ1v) is 2.76. The van der Waals surface area contributed by atoms with Crippen molar-refractivity contribution in [3.05, 3.63) is 28.7 Å². The van der Waals surface area contributed by atoms with E-state index in [2.05, 4.69) is 27.0 Å². The summed E-state index contributed by atoms with van der Waals surface area (Å²) in [6.07, 6.45) is 2.52. The second-order valence-electron chi connectivity index (χ2n) is 1.21. The molecule has 1 aromatic heterocycles. The molecule has 8 heavy (non-hydrogen) atoms. The van der Waals surface area contributed by atoms with Crippen LogP contribution in [0.2, 0.25) is 0 Å². The lowest BCUT2D eigenvalue weighted by Gasteiger charge is -1.85. The number of nitrogens with zero attached hydrogens (tertiary/aromatic N) is 1. The number of hydrogen-bond donors (Lipinski definition) is 0. The van der Waals surface area contributed by atoms with Gasteiger partial charge in [-0.05, 0) is 15.9 Å². The van der Waals surface area contributed by atoms with Crippen LogP contribution in [0.4, 0.5) is 4.39 Å². The molecule has 1 rings (SSSR count). The van der Waals surface area contributed by atoms with Gasteiger partial charge in [0.15, 0.2) is 5.82 Å². The molecule has 0 aromatic carbocycles. The number of hydrogen-bond acceptors (Lipinski definition) is 1. The molecule has 0 aliphatic carbocycles. The molecule has 1 heterocycles. The average molecular weight is 175 g/mol. The summed E-state index contributed by atoms with van der Waals surface area (Å²) in [4.78, 5) is 3.48. The second-order valence-corrected chi connectivity index (χ2v) is 2.01. The van der Waals surface area contributed by atoms with Crippen molar-refractivity contribution in [2.75, 3.05) is 0 Å². The van der Waals surface area contributed by atoms with Crippen molar-refractivity contribution in [1.29, 1.82) is 0 Å². The maximum atomic E-state index is 12.2. The Labute approximate surface area is 54.7 Å². The van der Waals surface area contributed by atoms with E-state index in [-0.39, 0.29) is 5.82 Å². The van der Waals surface area contributed by atoms with E-state index in [1.807, 2.05) is 0 Å². The highest BCUT2D eigenvalue weighted by Gasteiger charge is 1.92. The molecule has 0 aliphatic heterocycles. The Balaban J connectivity index is 3.13. The van der Waals surface area contributed by atoms with Crippen LogP contribution in [0.1, 0.15) is 0 Å². The molecular weight excluding hydrogens is 173 g/mol. The third-order valence-electron chi connectivity index (χ3n) is 0.663. The van der Waals surface area contributed by atoms with Crippen molar-refractivity contribution in [2.45, 2.75) is 0 Å². The van der Waals surface area contributed by atoms with E-state index in [4.69, 9.17) is 0 Å². The summed E-state index contributed by atoms with van der Waals surface area (Å²) < 4.78 is 12.5. The molecule has 41 valence electrons. The summed E-state index contributed by atoms with van der Waals surface area (Å²) in [5, 5.41) is 0. The quantitative estimate of drug-likeness (QED) is 0.585. The Morgan fingerprint density at radius 3 is 2.88 bits per heavy atom. The van der Waals surface area contributed by atoms with Crippen LogP contribution >= 0.6 is 15.9 Å². The summed E-state index contributed by atoms with van der Waals surface area (Å²) in [5.41, 5.74) is 0. The van der Waals surface area contributed by atoms with Crippen LogP contribution in [0, 0.1) is 11.9 Å². The zero-order chi connectivity index (χ0) is 5.98. The van der Waals surface area contributed by atoms with Gasteiger partial charge in [-0.1, -0.05) is 0 Å². The molecule has 0 saturated heterocycles. The maximum Gasteiger partial charge on any atom is 0.156 e. The molecule has 3 heteroatoms. The van der Waals surface area contributed by atoms with Crippen molar-refractivity contribution in [3.8, 4) is 0 Å². The fourth-order valence-electron chi connectivity index (χ4n) is 0.322. The van der Waals surface area contributed by atoms with Gasteiger partial charge in [-0.25, -0.2) is 4.39 Å². The van der Waals surface area contributed by atoms with Crippen LogP contribution < -0.4 is 0 Å². The normalized spacial score (nSPS) is 9.25. The van der Waals surface area contributed by atoms with Crippen molar-refractivity contribution in [1.82, 2.24) is 4.98 Å². The van der Waals surface area contributed by atoms with E-state index in [0.29, 0.717) is 4.47 Å². The van der Waals surface area contributed by atoms with Gasteiger partial charge >= 0.3 is 0 Å². The predicted octanol–water partition coefficient (Wildman–Crippen LogP) is 1.78. The summed E-state index contributed by atoms with van der Waals surface area (Å²) in [5.74, 6) is -0.382. The first-order chi connectivity index (χ1) is 3.80. The van der Waals surface area contributed by atoms with Crippen LogP contribution in [0.5, 0.6) is 0 Å². The highest BCUT2D eigenvalue weighted by Crippen LogP contribution is 2.10. The van der Waals surface area contributed by atoms with E-state index < -0.39 is 0 Å². The van der Waals surface area contributed by atoms with Crippen LogP contribution in [0.25, 0.3) is 0 Å². The molecule has 1 radical (unpaired) electrons. The lowest BCUT2D eigenvalue weighted by molar-refractivity contribution is 0.614. The third kappa shape index (κ3) is 1.04. The van der Waals surface area contributed by atoms with Gasteiger partial charge in [0.25, 0.3) is 0 Å². The molecule has 0 aliphatic rings. The average Bonchev–Trinajstić information content (AvgIpc) is 1.77. The standard InChI is InChI=1S/C5H2BrFN/c6-4-1-2-8-3-5(4)7/h2-3H. The van der Waals surface area contributed by atoms with Gasteiger partial charge in [0.05, 0.1) is 10.7 Å². The first kappa shape index (κ1) is 5.69. The largest absolute Gasteiger partial charge is 0.261 e. The molecule has 0 bridgehead atoms. The number of aromatic nitrogens is 1. The van der Waals surface area contributed by atoms with Crippen LogP contribution in [-0.2, 0) is 0 Å². The molecule has 0 atom stereocenters. The second kappa shape index (κ2) is 2.22.